The second kappa shape index (κ2) is 11.3. The van der Waals surface area contributed by atoms with Crippen molar-refractivity contribution in [2.24, 2.45) is 5.92 Å². The van der Waals surface area contributed by atoms with Gasteiger partial charge in [0.1, 0.15) is 0 Å². The molecule has 0 radical (unpaired) electrons. The van der Waals surface area contributed by atoms with E-state index in [-0.39, 0.29) is 11.5 Å². The quantitative estimate of drug-likeness (QED) is 0.398. The molecule has 2 heterocycles. The Labute approximate surface area is 223 Å². The van der Waals surface area contributed by atoms with Crippen molar-refractivity contribution in [3.8, 4) is 16.9 Å². The lowest BCUT2D eigenvalue weighted by Gasteiger charge is -2.36. The van der Waals surface area contributed by atoms with Gasteiger partial charge in [0.05, 0.1) is 12.3 Å². The molecule has 2 aliphatic heterocycles. The third kappa shape index (κ3) is 5.26. The minimum Gasteiger partial charge on any atom is -0.490 e. The lowest BCUT2D eigenvalue weighted by atomic mass is 9.67. The summed E-state index contributed by atoms with van der Waals surface area (Å²) < 4.78 is 21.2. The summed E-state index contributed by atoms with van der Waals surface area (Å²) in [7, 11) is 0.593. The summed E-state index contributed by atoms with van der Waals surface area (Å²) in [6.45, 7) is 12.4. The molecular weight excluding hydrogens is 460 g/mol. The second-order valence-electron chi connectivity index (χ2n) is 11.8. The summed E-state index contributed by atoms with van der Waals surface area (Å²) in [6, 6.07) is 1.68. The number of hydrogen-bond acceptors (Lipinski definition) is 3. The molecule has 3 aliphatic rings. The van der Waals surface area contributed by atoms with Gasteiger partial charge in [0.25, 0.3) is 0 Å². The van der Waals surface area contributed by atoms with Crippen LogP contribution in [-0.4, -0.2) is 37.6 Å². The average Bonchev–Trinajstić information content (AvgIpc) is 2.90. The number of fused-ring (bicyclic) bond motifs is 2. The molecule has 0 bridgehead atoms. The molecule has 1 saturated carbocycles. The van der Waals surface area contributed by atoms with Crippen LogP contribution in [0.5, 0.6) is 5.75 Å². The maximum atomic E-state index is 15.4. The van der Waals surface area contributed by atoms with Crippen LogP contribution in [0.15, 0.2) is 6.07 Å². The summed E-state index contributed by atoms with van der Waals surface area (Å²) in [6.07, 6.45) is 10.9. The molecule has 5 heteroatoms. The molecule has 3 nitrogen and oxygen atoms in total. The Morgan fingerprint density at radius 1 is 1.03 bits per heavy atom. The van der Waals surface area contributed by atoms with Gasteiger partial charge in [-0.15, -0.1) is 0 Å². The van der Waals surface area contributed by atoms with Crippen LogP contribution in [0.2, 0.25) is 6.32 Å². The molecule has 1 aliphatic carbocycles. The van der Waals surface area contributed by atoms with Crippen molar-refractivity contribution in [3.63, 3.8) is 0 Å². The maximum absolute atomic E-state index is 15.4. The van der Waals surface area contributed by atoms with Gasteiger partial charge in [0.2, 0.25) is 7.28 Å². The number of benzene rings is 2. The van der Waals surface area contributed by atoms with E-state index in [4.69, 9.17) is 4.74 Å². The van der Waals surface area contributed by atoms with Crippen LogP contribution in [0.3, 0.4) is 0 Å². The first-order valence-electron chi connectivity index (χ1n) is 14.7. The number of rotatable bonds is 7. The minimum absolute atomic E-state index is 0.269. The normalized spacial score (nSPS) is 18.2. The predicted molar refractivity (Wildman–Crippen MR) is 152 cm³/mol. The predicted octanol–water partition coefficient (Wildman–Crippen LogP) is 6.63. The number of carbonyl (C=O) groups excluding carboxylic acids is 1. The molecule has 0 amide bonds. The van der Waals surface area contributed by atoms with E-state index in [0.717, 1.165) is 72.4 Å². The maximum Gasteiger partial charge on any atom is 0.205 e. The van der Waals surface area contributed by atoms with Crippen LogP contribution < -0.4 is 4.74 Å². The lowest BCUT2D eigenvalue weighted by Crippen LogP contribution is -2.36. The summed E-state index contributed by atoms with van der Waals surface area (Å²) in [5.74, 6) is 0.982. The molecule has 5 rings (SSSR count). The van der Waals surface area contributed by atoms with E-state index >= 15 is 4.39 Å². The topological polar surface area (TPSA) is 29.5 Å². The third-order valence-corrected chi connectivity index (χ3v) is 9.31. The standard InChI is InChI=1S/C32H43BFNO2/c1-5-33-30(36)17-27-20(2)24-13-14-35(18-23-10-7-6-8-11-23)19-28(24)22(4)31(27)26-16-29(34)32-25(21(26)3)12-9-15-37-32/h16,23,33H,5-15,17-19H2,1-4H3. The van der Waals surface area contributed by atoms with Gasteiger partial charge in [0.15, 0.2) is 11.6 Å². The van der Waals surface area contributed by atoms with Gasteiger partial charge < -0.3 is 9.53 Å². The summed E-state index contributed by atoms with van der Waals surface area (Å²) in [5.41, 5.74) is 10.9. The van der Waals surface area contributed by atoms with Gasteiger partial charge >= 0.3 is 0 Å². The Hall–Kier alpha value is -2.14. The third-order valence-electron chi connectivity index (χ3n) is 9.31. The van der Waals surface area contributed by atoms with Crippen LogP contribution in [0.25, 0.3) is 11.1 Å². The number of hydrogen-bond donors (Lipinski definition) is 0. The zero-order valence-electron chi connectivity index (χ0n) is 23.4. The monoisotopic (exact) mass is 503 g/mol. The van der Waals surface area contributed by atoms with Crippen molar-refractivity contribution in [2.75, 3.05) is 19.7 Å². The van der Waals surface area contributed by atoms with E-state index in [0.29, 0.717) is 26.1 Å². The lowest BCUT2D eigenvalue weighted by molar-refractivity contribution is -0.111. The Morgan fingerprint density at radius 2 is 1.81 bits per heavy atom. The molecule has 37 heavy (non-hydrogen) atoms. The van der Waals surface area contributed by atoms with Gasteiger partial charge in [-0.1, -0.05) is 32.5 Å². The van der Waals surface area contributed by atoms with E-state index in [9.17, 15) is 4.79 Å². The Balaban J connectivity index is 1.61. The first-order chi connectivity index (χ1) is 17.9. The van der Waals surface area contributed by atoms with Crippen molar-refractivity contribution in [1.82, 2.24) is 4.90 Å². The first kappa shape index (κ1) is 26.5. The van der Waals surface area contributed by atoms with E-state index in [1.54, 1.807) is 6.07 Å². The molecule has 2 aromatic carbocycles. The molecule has 198 valence electrons. The van der Waals surface area contributed by atoms with Crippen molar-refractivity contribution >= 4 is 13.0 Å². The zero-order chi connectivity index (χ0) is 26.1. The number of carbonyl (C=O) groups is 1. The average molecular weight is 504 g/mol. The molecule has 0 atom stereocenters. The molecule has 0 N–H and O–H groups in total. The Bertz CT molecular complexity index is 1180. The van der Waals surface area contributed by atoms with E-state index in [1.165, 1.54) is 60.9 Å². The van der Waals surface area contributed by atoms with Gasteiger partial charge in [0, 0.05) is 31.6 Å². The van der Waals surface area contributed by atoms with E-state index < -0.39 is 0 Å². The SMILES string of the molecule is CCBC(=O)Cc1c(C)c2c(c(C)c1-c1cc(F)c3c(c1C)CCCO3)CN(CC1CCCCC1)CC2. The minimum atomic E-state index is -0.269. The fourth-order valence-electron chi connectivity index (χ4n) is 7.28. The number of nitrogens with zero attached hydrogens (tertiary/aromatic N) is 1. The first-order valence-corrected chi connectivity index (χ1v) is 14.7. The molecular formula is C32H43BFNO2. The van der Waals surface area contributed by atoms with Gasteiger partial charge in [-0.25, -0.2) is 4.39 Å². The molecule has 2 aromatic rings. The molecule has 0 aromatic heterocycles. The van der Waals surface area contributed by atoms with Crippen LogP contribution in [0, 0.1) is 32.5 Å². The highest BCUT2D eigenvalue weighted by Gasteiger charge is 2.30. The Morgan fingerprint density at radius 3 is 2.57 bits per heavy atom. The van der Waals surface area contributed by atoms with Crippen molar-refractivity contribution in [3.05, 3.63) is 50.8 Å². The van der Waals surface area contributed by atoms with Crippen molar-refractivity contribution < 1.29 is 13.9 Å². The largest absolute Gasteiger partial charge is 0.490 e. The number of halogens is 1. The fourth-order valence-corrected chi connectivity index (χ4v) is 7.28. The Kier molecular flexibility index (Phi) is 8.09. The summed E-state index contributed by atoms with van der Waals surface area (Å²) in [4.78, 5) is 15.6. The molecule has 0 spiro atoms. The van der Waals surface area contributed by atoms with Crippen LogP contribution in [0.1, 0.15) is 84.4 Å². The van der Waals surface area contributed by atoms with Crippen molar-refractivity contribution in [1.29, 1.82) is 0 Å². The fraction of sp³-hybridized carbons (Fsp3) is 0.594. The molecule has 0 unspecified atom stereocenters. The van der Waals surface area contributed by atoms with Crippen LogP contribution in [0.4, 0.5) is 4.39 Å². The highest BCUT2D eigenvalue weighted by Crippen LogP contribution is 2.43. The summed E-state index contributed by atoms with van der Waals surface area (Å²) >= 11 is 0. The van der Waals surface area contributed by atoms with Crippen LogP contribution in [-0.2, 0) is 30.6 Å². The van der Waals surface area contributed by atoms with Crippen molar-refractivity contribution in [2.45, 2.75) is 98.3 Å². The molecule has 1 fully saturated rings. The van der Waals surface area contributed by atoms with Gasteiger partial charge in [-0.05, 0) is 109 Å². The number of ether oxygens (including phenoxy) is 1. The smallest absolute Gasteiger partial charge is 0.205 e. The zero-order valence-corrected chi connectivity index (χ0v) is 23.4. The highest BCUT2D eigenvalue weighted by atomic mass is 19.1. The highest BCUT2D eigenvalue weighted by molar-refractivity contribution is 6.74. The van der Waals surface area contributed by atoms with E-state index in [2.05, 4.69) is 32.6 Å². The van der Waals surface area contributed by atoms with Gasteiger partial charge in [-0.2, -0.15) is 0 Å². The van der Waals surface area contributed by atoms with E-state index in [1.807, 2.05) is 0 Å². The summed E-state index contributed by atoms with van der Waals surface area (Å²) in [5, 5.41) is 0. The second-order valence-corrected chi connectivity index (χ2v) is 11.8. The van der Waals surface area contributed by atoms with Crippen LogP contribution >= 0.6 is 0 Å². The molecule has 0 saturated heterocycles. The van der Waals surface area contributed by atoms with Gasteiger partial charge in [-0.3, -0.25) is 4.90 Å².